The summed E-state index contributed by atoms with van der Waals surface area (Å²) >= 11 is 0. The lowest BCUT2D eigenvalue weighted by Gasteiger charge is -2.09. The summed E-state index contributed by atoms with van der Waals surface area (Å²) in [6.45, 7) is 4.80. The van der Waals surface area contributed by atoms with Crippen LogP contribution in [0.15, 0.2) is 0 Å². The van der Waals surface area contributed by atoms with Crippen LogP contribution in [-0.4, -0.2) is 11.8 Å². The quantitative estimate of drug-likeness (QED) is 0.556. The van der Waals surface area contributed by atoms with E-state index in [1.807, 2.05) is 0 Å². The van der Waals surface area contributed by atoms with Crippen molar-refractivity contribution >= 4 is 0 Å². The summed E-state index contributed by atoms with van der Waals surface area (Å²) in [5.41, 5.74) is 1.67. The molecule has 0 atom stereocenters. The van der Waals surface area contributed by atoms with Gasteiger partial charge in [-0.05, 0) is 5.92 Å². The Labute approximate surface area is 55.9 Å². The fraction of sp³-hybridized carbons (Fsp3) is 1.00. The topological polar surface area (TPSA) is 41.5 Å². The minimum Gasteiger partial charge on any atom is -0.292 e. The summed E-state index contributed by atoms with van der Waals surface area (Å²) in [4.78, 5) is 4.58. The van der Waals surface area contributed by atoms with E-state index in [-0.39, 0.29) is 0 Å². The van der Waals surface area contributed by atoms with E-state index in [0.717, 1.165) is 12.8 Å². The minimum absolute atomic E-state index is 0.560. The van der Waals surface area contributed by atoms with Crippen molar-refractivity contribution in [1.82, 2.24) is 5.64 Å². The molecule has 0 heterocycles. The smallest absolute Gasteiger partial charge is 0.0737 e. The average Bonchev–Trinajstić information content (AvgIpc) is 1.91. The zero-order chi connectivity index (χ0) is 7.11. The van der Waals surface area contributed by atoms with Crippen molar-refractivity contribution in [1.29, 1.82) is 0 Å². The molecule has 0 saturated heterocycles. The fourth-order valence-corrected chi connectivity index (χ4v) is 0.679. The molecule has 0 spiro atoms. The van der Waals surface area contributed by atoms with Gasteiger partial charge in [0, 0.05) is 0 Å². The fourth-order valence-electron chi connectivity index (χ4n) is 0.679. The molecule has 3 nitrogen and oxygen atoms in total. The molecule has 0 aliphatic carbocycles. The first-order valence-electron chi connectivity index (χ1n) is 3.36. The Morgan fingerprint density at radius 2 is 2.00 bits per heavy atom. The highest BCUT2D eigenvalue weighted by molar-refractivity contribution is 4.50. The van der Waals surface area contributed by atoms with E-state index in [2.05, 4.69) is 18.7 Å². The van der Waals surface area contributed by atoms with Gasteiger partial charge in [0.05, 0.1) is 6.61 Å². The highest BCUT2D eigenvalue weighted by Gasteiger charge is 2.01. The summed E-state index contributed by atoms with van der Waals surface area (Å²) in [5, 5.41) is 8.03. The van der Waals surface area contributed by atoms with E-state index in [4.69, 9.17) is 5.21 Å². The van der Waals surface area contributed by atoms with Crippen LogP contribution in [0.4, 0.5) is 0 Å². The third-order valence-corrected chi connectivity index (χ3v) is 1.54. The molecule has 0 aromatic rings. The van der Waals surface area contributed by atoms with Crippen LogP contribution in [-0.2, 0) is 4.84 Å². The minimum atomic E-state index is 0.560. The summed E-state index contributed by atoms with van der Waals surface area (Å²) in [6, 6.07) is 0. The highest BCUT2D eigenvalue weighted by Crippen LogP contribution is 2.05. The van der Waals surface area contributed by atoms with E-state index in [1.165, 1.54) is 0 Å². The Bertz CT molecular complexity index is 55.0. The molecule has 0 radical (unpaired) electrons. The Morgan fingerprint density at radius 1 is 1.44 bits per heavy atom. The molecule has 0 aliphatic rings. The number of rotatable bonds is 5. The van der Waals surface area contributed by atoms with Gasteiger partial charge in [0.15, 0.2) is 0 Å². The molecule has 9 heavy (non-hydrogen) atoms. The maximum absolute atomic E-state index is 8.03. The third-order valence-electron chi connectivity index (χ3n) is 1.54. The third kappa shape index (κ3) is 4.39. The van der Waals surface area contributed by atoms with Crippen LogP contribution < -0.4 is 5.64 Å². The van der Waals surface area contributed by atoms with Crippen molar-refractivity contribution in [3.63, 3.8) is 0 Å². The largest absolute Gasteiger partial charge is 0.292 e. The maximum atomic E-state index is 8.03. The maximum Gasteiger partial charge on any atom is 0.0737 e. The number of nitrogens with one attached hydrogen (secondary N) is 1. The molecule has 56 valence electrons. The van der Waals surface area contributed by atoms with Crippen LogP contribution in [0.1, 0.15) is 26.7 Å². The predicted molar refractivity (Wildman–Crippen MR) is 34.9 cm³/mol. The molecule has 0 unspecified atom stereocenters. The molecule has 0 rings (SSSR count). The second-order valence-electron chi connectivity index (χ2n) is 2.08. The molecule has 0 aromatic heterocycles. The summed E-state index contributed by atoms with van der Waals surface area (Å²) in [6.07, 6.45) is 2.19. The van der Waals surface area contributed by atoms with E-state index >= 15 is 0 Å². The van der Waals surface area contributed by atoms with Crippen molar-refractivity contribution in [2.45, 2.75) is 26.7 Å². The SMILES string of the molecule is CCC(CC)CONO. The van der Waals surface area contributed by atoms with E-state index in [1.54, 1.807) is 5.64 Å². The number of hydrogen-bond donors (Lipinski definition) is 2. The molecule has 3 heteroatoms. The zero-order valence-corrected chi connectivity index (χ0v) is 6.05. The van der Waals surface area contributed by atoms with E-state index in [9.17, 15) is 0 Å². The lowest BCUT2D eigenvalue weighted by molar-refractivity contribution is -0.137. The Hall–Kier alpha value is -0.120. The zero-order valence-electron chi connectivity index (χ0n) is 6.05. The second kappa shape index (κ2) is 6.01. The highest BCUT2D eigenvalue weighted by atomic mass is 16.8. The monoisotopic (exact) mass is 133 g/mol. The van der Waals surface area contributed by atoms with Crippen LogP contribution in [0.3, 0.4) is 0 Å². The molecular formula is C6H15NO2. The van der Waals surface area contributed by atoms with Crippen molar-refractivity contribution in [3.8, 4) is 0 Å². The van der Waals surface area contributed by atoms with Gasteiger partial charge in [-0.15, -0.1) is 0 Å². The van der Waals surface area contributed by atoms with Gasteiger partial charge in [0.25, 0.3) is 0 Å². The summed E-state index contributed by atoms with van der Waals surface area (Å²) in [7, 11) is 0. The number of hydrogen-bond acceptors (Lipinski definition) is 3. The van der Waals surface area contributed by atoms with Crippen LogP contribution in [0.25, 0.3) is 0 Å². The molecule has 0 aliphatic heterocycles. The first kappa shape index (κ1) is 8.88. The molecule has 0 aromatic carbocycles. The normalized spacial score (nSPS) is 10.7. The van der Waals surface area contributed by atoms with Crippen molar-refractivity contribution in [2.24, 2.45) is 5.92 Å². The lowest BCUT2D eigenvalue weighted by Crippen LogP contribution is -2.15. The summed E-state index contributed by atoms with van der Waals surface area (Å²) < 4.78 is 0. The van der Waals surface area contributed by atoms with Gasteiger partial charge in [-0.2, -0.15) is 0 Å². The molecule has 0 bridgehead atoms. The second-order valence-corrected chi connectivity index (χ2v) is 2.08. The van der Waals surface area contributed by atoms with Gasteiger partial charge in [-0.3, -0.25) is 10.0 Å². The van der Waals surface area contributed by atoms with Crippen LogP contribution in [0.2, 0.25) is 0 Å². The standard InChI is InChI=1S/C6H15NO2/c1-3-6(4-2)5-9-7-8/h6-8H,3-5H2,1-2H3. The van der Waals surface area contributed by atoms with Gasteiger partial charge in [0.1, 0.15) is 0 Å². The Balaban J connectivity index is 3.09. The molecule has 0 amide bonds. The Morgan fingerprint density at radius 3 is 2.33 bits per heavy atom. The Kier molecular flexibility index (Phi) is 5.93. The molecule has 0 fully saturated rings. The lowest BCUT2D eigenvalue weighted by atomic mass is 10.1. The first-order chi connectivity index (χ1) is 4.35. The predicted octanol–water partition coefficient (Wildman–Crippen LogP) is 1.33. The van der Waals surface area contributed by atoms with Crippen molar-refractivity contribution in [2.75, 3.05) is 6.61 Å². The molecular weight excluding hydrogens is 118 g/mol. The van der Waals surface area contributed by atoms with Gasteiger partial charge in [-0.25, -0.2) is 0 Å². The van der Waals surface area contributed by atoms with Gasteiger partial charge < -0.3 is 0 Å². The van der Waals surface area contributed by atoms with Crippen molar-refractivity contribution < 1.29 is 10.0 Å². The van der Waals surface area contributed by atoms with Crippen LogP contribution in [0, 0.1) is 5.92 Å². The molecule has 0 saturated carbocycles. The van der Waals surface area contributed by atoms with E-state index < -0.39 is 0 Å². The van der Waals surface area contributed by atoms with Gasteiger partial charge in [-0.1, -0.05) is 32.3 Å². The van der Waals surface area contributed by atoms with Gasteiger partial charge >= 0.3 is 0 Å². The van der Waals surface area contributed by atoms with E-state index in [0.29, 0.717) is 12.5 Å². The van der Waals surface area contributed by atoms with Crippen molar-refractivity contribution in [3.05, 3.63) is 0 Å². The van der Waals surface area contributed by atoms with Crippen LogP contribution >= 0.6 is 0 Å². The van der Waals surface area contributed by atoms with Crippen LogP contribution in [0.5, 0.6) is 0 Å². The van der Waals surface area contributed by atoms with Gasteiger partial charge in [0.2, 0.25) is 0 Å². The summed E-state index contributed by atoms with van der Waals surface area (Å²) in [5.74, 6) is 0.560. The first-order valence-corrected chi connectivity index (χ1v) is 3.36. The molecule has 2 N–H and O–H groups in total. The average molecular weight is 133 g/mol.